The fraction of sp³-hybridized carbons (Fsp3) is 0.500. The van der Waals surface area contributed by atoms with Crippen LogP contribution >= 0.6 is 22.6 Å². The molecule has 0 radical (unpaired) electrons. The Balaban J connectivity index is 2.30. The van der Waals surface area contributed by atoms with Crippen LogP contribution < -0.4 is 0 Å². The van der Waals surface area contributed by atoms with Crippen molar-refractivity contribution in [3.8, 4) is 0 Å². The highest BCUT2D eigenvalue weighted by molar-refractivity contribution is 14.1. The first-order chi connectivity index (χ1) is 9.90. The molecule has 1 aliphatic rings. The van der Waals surface area contributed by atoms with Gasteiger partial charge in [-0.15, -0.1) is 0 Å². The number of nitro benzene ring substituents is 1. The van der Waals surface area contributed by atoms with Crippen molar-refractivity contribution in [3.05, 3.63) is 37.4 Å². The number of halogens is 1. The molecular weight excluding hydrogens is 385 g/mol. The van der Waals surface area contributed by atoms with Gasteiger partial charge in [0.1, 0.15) is 0 Å². The van der Waals surface area contributed by atoms with Gasteiger partial charge in [0.05, 0.1) is 10.5 Å². The summed E-state index contributed by atoms with van der Waals surface area (Å²) in [5, 5.41) is 10.9. The minimum atomic E-state index is -0.466. The summed E-state index contributed by atoms with van der Waals surface area (Å²) in [5.74, 6) is -0.120. The second-order valence-electron chi connectivity index (χ2n) is 5.38. The molecular formula is C14H18IN3O3. The molecule has 7 heteroatoms. The van der Waals surface area contributed by atoms with Gasteiger partial charge in [0.15, 0.2) is 0 Å². The van der Waals surface area contributed by atoms with E-state index < -0.39 is 4.92 Å². The van der Waals surface area contributed by atoms with Crippen LogP contribution in [0.2, 0.25) is 0 Å². The Morgan fingerprint density at radius 1 is 1.43 bits per heavy atom. The first-order valence-corrected chi connectivity index (χ1v) is 7.91. The maximum atomic E-state index is 12.7. The van der Waals surface area contributed by atoms with Gasteiger partial charge in [0.2, 0.25) is 0 Å². The Labute approximate surface area is 137 Å². The summed E-state index contributed by atoms with van der Waals surface area (Å²) in [6, 6.07) is 4.53. The lowest BCUT2D eigenvalue weighted by Gasteiger charge is -2.28. The van der Waals surface area contributed by atoms with Crippen LogP contribution in [-0.2, 0) is 0 Å². The normalized spacial score (nSPS) is 20.1. The molecule has 0 spiro atoms. The minimum absolute atomic E-state index is 0.0432. The molecule has 0 aliphatic carbocycles. The summed E-state index contributed by atoms with van der Waals surface area (Å²) in [4.78, 5) is 27.2. The number of hydrogen-bond donors (Lipinski definition) is 0. The summed E-state index contributed by atoms with van der Waals surface area (Å²) < 4.78 is 0.744. The average Bonchev–Trinajstić information content (AvgIpc) is 2.58. The molecule has 1 aromatic carbocycles. The van der Waals surface area contributed by atoms with Crippen LogP contribution in [0.15, 0.2) is 18.2 Å². The molecule has 2 rings (SSSR count). The monoisotopic (exact) mass is 403 g/mol. The molecule has 1 fully saturated rings. The van der Waals surface area contributed by atoms with E-state index in [0.717, 1.165) is 23.1 Å². The van der Waals surface area contributed by atoms with Gasteiger partial charge in [-0.1, -0.05) is 0 Å². The highest BCUT2D eigenvalue weighted by Crippen LogP contribution is 2.22. The molecule has 1 aliphatic heterocycles. The predicted octanol–water partition coefficient (Wildman–Crippen LogP) is 2.37. The van der Waals surface area contributed by atoms with Crippen molar-refractivity contribution in [2.24, 2.45) is 0 Å². The Morgan fingerprint density at radius 2 is 2.14 bits per heavy atom. The molecule has 1 atom stereocenters. The smallest absolute Gasteiger partial charge is 0.270 e. The van der Waals surface area contributed by atoms with Crippen molar-refractivity contribution in [1.82, 2.24) is 9.80 Å². The number of non-ortho nitro benzene ring substituents is 1. The van der Waals surface area contributed by atoms with E-state index in [4.69, 9.17) is 0 Å². The van der Waals surface area contributed by atoms with Crippen molar-refractivity contribution in [2.45, 2.75) is 19.4 Å². The number of rotatable bonds is 2. The first-order valence-electron chi connectivity index (χ1n) is 6.83. The van der Waals surface area contributed by atoms with Crippen molar-refractivity contribution in [1.29, 1.82) is 0 Å². The maximum absolute atomic E-state index is 12.7. The molecule has 0 saturated carbocycles. The highest BCUT2D eigenvalue weighted by atomic mass is 127. The molecule has 1 unspecified atom stereocenters. The predicted molar refractivity (Wildman–Crippen MR) is 88.4 cm³/mol. The molecule has 0 bridgehead atoms. The minimum Gasteiger partial charge on any atom is -0.335 e. The lowest BCUT2D eigenvalue weighted by Crippen LogP contribution is -2.42. The molecule has 6 nitrogen and oxygen atoms in total. The molecule has 1 heterocycles. The lowest BCUT2D eigenvalue weighted by molar-refractivity contribution is -0.384. The molecule has 21 heavy (non-hydrogen) atoms. The van der Waals surface area contributed by atoms with Gasteiger partial charge >= 0.3 is 0 Å². The molecule has 0 N–H and O–H groups in total. The third-order valence-corrected chi connectivity index (χ3v) is 4.64. The summed E-state index contributed by atoms with van der Waals surface area (Å²) in [6.07, 6.45) is 0.915. The quantitative estimate of drug-likeness (QED) is 0.432. The zero-order chi connectivity index (χ0) is 15.6. The van der Waals surface area contributed by atoms with E-state index in [-0.39, 0.29) is 17.6 Å². The number of nitrogens with zero attached hydrogens (tertiary/aromatic N) is 3. The van der Waals surface area contributed by atoms with Crippen LogP contribution in [0.1, 0.15) is 23.7 Å². The Kier molecular flexibility index (Phi) is 5.15. The van der Waals surface area contributed by atoms with Crippen LogP contribution in [-0.4, -0.2) is 53.4 Å². The lowest BCUT2D eigenvalue weighted by atomic mass is 10.1. The second-order valence-corrected chi connectivity index (χ2v) is 6.55. The van der Waals surface area contributed by atoms with Crippen LogP contribution in [0.25, 0.3) is 0 Å². The number of amides is 1. The van der Waals surface area contributed by atoms with Gasteiger partial charge < -0.3 is 9.80 Å². The highest BCUT2D eigenvalue weighted by Gasteiger charge is 2.27. The zero-order valence-electron chi connectivity index (χ0n) is 12.1. The van der Waals surface area contributed by atoms with E-state index >= 15 is 0 Å². The van der Waals surface area contributed by atoms with Crippen LogP contribution in [0.4, 0.5) is 5.69 Å². The Hall–Kier alpha value is -1.22. The van der Waals surface area contributed by atoms with Crippen molar-refractivity contribution >= 4 is 34.2 Å². The third-order valence-electron chi connectivity index (χ3n) is 3.70. The molecule has 1 amide bonds. The number of hydrogen-bond acceptors (Lipinski definition) is 4. The van der Waals surface area contributed by atoms with Gasteiger partial charge in [-0.25, -0.2) is 0 Å². The molecule has 0 aromatic heterocycles. The van der Waals surface area contributed by atoms with Crippen molar-refractivity contribution in [2.75, 3.05) is 26.7 Å². The van der Waals surface area contributed by atoms with E-state index in [1.165, 1.54) is 12.1 Å². The fourth-order valence-electron chi connectivity index (χ4n) is 2.62. The number of nitro groups is 1. The Bertz CT molecular complexity index is 564. The van der Waals surface area contributed by atoms with E-state index in [0.29, 0.717) is 12.1 Å². The number of carbonyl (C=O) groups is 1. The average molecular weight is 403 g/mol. The van der Waals surface area contributed by atoms with Crippen LogP contribution in [0.5, 0.6) is 0 Å². The van der Waals surface area contributed by atoms with E-state index in [1.54, 1.807) is 6.07 Å². The number of benzene rings is 1. The van der Waals surface area contributed by atoms with Crippen molar-refractivity contribution < 1.29 is 9.72 Å². The fourth-order valence-corrected chi connectivity index (χ4v) is 3.19. The van der Waals surface area contributed by atoms with E-state index in [2.05, 4.69) is 27.5 Å². The van der Waals surface area contributed by atoms with Gasteiger partial charge in [0, 0.05) is 34.8 Å². The van der Waals surface area contributed by atoms with Gasteiger partial charge in [-0.2, -0.15) is 0 Å². The molecule has 1 saturated heterocycles. The van der Waals surface area contributed by atoms with Gasteiger partial charge in [-0.3, -0.25) is 14.9 Å². The van der Waals surface area contributed by atoms with E-state index in [9.17, 15) is 14.9 Å². The summed E-state index contributed by atoms with van der Waals surface area (Å²) in [6.45, 7) is 4.48. The summed E-state index contributed by atoms with van der Waals surface area (Å²) in [7, 11) is 2.04. The third kappa shape index (κ3) is 3.70. The standard InChI is InChI=1S/C14H18IN3O3/c1-10-9-16(2)6-3-7-17(10)14(19)12-8-11(18(20)21)4-5-13(12)15/h4-5,8,10H,3,6-7,9H2,1-2H3. The second kappa shape index (κ2) is 6.69. The Morgan fingerprint density at radius 3 is 2.81 bits per heavy atom. The number of carbonyl (C=O) groups excluding carboxylic acids is 1. The molecule has 114 valence electrons. The SMILES string of the molecule is CC1CN(C)CCCN1C(=O)c1cc([N+](=O)[O-])ccc1I. The van der Waals surface area contributed by atoms with E-state index in [1.807, 2.05) is 18.9 Å². The van der Waals surface area contributed by atoms with Crippen LogP contribution in [0.3, 0.4) is 0 Å². The maximum Gasteiger partial charge on any atom is 0.270 e. The largest absolute Gasteiger partial charge is 0.335 e. The van der Waals surface area contributed by atoms with Crippen LogP contribution in [0, 0.1) is 13.7 Å². The summed E-state index contributed by atoms with van der Waals surface area (Å²) in [5.41, 5.74) is 0.375. The van der Waals surface area contributed by atoms with Gasteiger partial charge in [0.25, 0.3) is 11.6 Å². The van der Waals surface area contributed by atoms with Crippen molar-refractivity contribution in [3.63, 3.8) is 0 Å². The first kappa shape index (κ1) is 16.2. The molecule has 1 aromatic rings. The zero-order valence-corrected chi connectivity index (χ0v) is 14.2. The summed E-state index contributed by atoms with van der Waals surface area (Å²) >= 11 is 2.05. The topological polar surface area (TPSA) is 66.7 Å². The number of likely N-dealkylation sites (N-methyl/N-ethyl adjacent to an activating group) is 1. The van der Waals surface area contributed by atoms with Gasteiger partial charge in [-0.05, 0) is 55.6 Å².